The van der Waals surface area contributed by atoms with Crippen LogP contribution in [0.25, 0.3) is 64.7 Å². The van der Waals surface area contributed by atoms with Crippen LogP contribution in [0.5, 0.6) is 0 Å². The van der Waals surface area contributed by atoms with E-state index in [9.17, 15) is 14.4 Å². The Morgan fingerprint density at radius 1 is 0.607 bits per heavy atom. The molecule has 4 fully saturated rings. The van der Waals surface area contributed by atoms with Gasteiger partial charge >= 0.3 is 0 Å². The Labute approximate surface area is 503 Å². The van der Waals surface area contributed by atoms with E-state index < -0.39 is 0 Å². The number of nitrogens with two attached hydrogens (primary N) is 3. The maximum atomic E-state index is 13.1. The van der Waals surface area contributed by atoms with Gasteiger partial charge in [-0.1, -0.05) is 6.92 Å². The Morgan fingerprint density at radius 2 is 1.11 bits per heavy atom. The molecule has 3 saturated heterocycles. The highest BCUT2D eigenvalue weighted by Gasteiger charge is 2.32. The zero-order valence-corrected chi connectivity index (χ0v) is 51.1. The topological polar surface area (TPSA) is 284 Å². The van der Waals surface area contributed by atoms with Crippen molar-refractivity contribution in [2.24, 2.45) is 0 Å². The van der Waals surface area contributed by atoms with Crippen molar-refractivity contribution in [3.63, 3.8) is 0 Å². The van der Waals surface area contributed by atoms with Crippen molar-refractivity contribution in [1.29, 1.82) is 0 Å². The Kier molecular flexibility index (Phi) is 16.2. The normalized spacial score (nSPS) is 16.1. The van der Waals surface area contributed by atoms with E-state index in [-0.39, 0.29) is 23.3 Å². The van der Waals surface area contributed by atoms with E-state index in [0.717, 1.165) is 88.6 Å². The van der Waals surface area contributed by atoms with Gasteiger partial charge in [0, 0.05) is 106 Å². The molecule has 84 heavy (non-hydrogen) atoms. The summed E-state index contributed by atoms with van der Waals surface area (Å²) in [4.78, 5) is 88.8. The molecule has 0 atom stereocenters. The van der Waals surface area contributed by atoms with Gasteiger partial charge in [0.05, 0.1) is 44.0 Å². The number of rotatable bonds is 9. The van der Waals surface area contributed by atoms with Crippen LogP contribution in [0, 0.1) is 6.92 Å². The highest BCUT2D eigenvalue weighted by Crippen LogP contribution is 2.42. The first-order chi connectivity index (χ1) is 40.5. The fourth-order valence-corrected chi connectivity index (χ4v) is 14.4. The molecule has 0 unspecified atom stereocenters. The van der Waals surface area contributed by atoms with Crippen molar-refractivity contribution < 1.29 is 28.0 Å². The van der Waals surface area contributed by atoms with E-state index in [4.69, 9.17) is 30.8 Å². The summed E-state index contributed by atoms with van der Waals surface area (Å²) in [6, 6.07) is 13.1. The maximum Gasteiger partial charge on any atom is 0.264 e. The highest BCUT2D eigenvalue weighted by molar-refractivity contribution is 7.21. The molecule has 6 N–H and O–H groups in total. The van der Waals surface area contributed by atoms with Crippen molar-refractivity contribution in [3.8, 4) is 34.0 Å². The molecule has 22 nitrogen and oxygen atoms in total. The first kappa shape index (κ1) is 56.9. The van der Waals surface area contributed by atoms with Gasteiger partial charge in [0.2, 0.25) is 0 Å². The third-order valence-corrected chi connectivity index (χ3v) is 19.7. The molecule has 4 aliphatic rings. The van der Waals surface area contributed by atoms with Crippen molar-refractivity contribution >= 4 is 128 Å². The summed E-state index contributed by atoms with van der Waals surface area (Å²) in [7, 11) is 0. The van der Waals surface area contributed by atoms with Gasteiger partial charge in [-0.3, -0.25) is 19.3 Å². The lowest BCUT2D eigenvalue weighted by Crippen LogP contribution is -2.54. The number of nitrogen functional groups attached to an aromatic ring is 3. The molecule has 10 aromatic heterocycles. The molecule has 0 bridgehead atoms. The Bertz CT molecular complexity index is 4020. The van der Waals surface area contributed by atoms with Crippen LogP contribution in [-0.2, 0) is 11.2 Å². The summed E-state index contributed by atoms with van der Waals surface area (Å²) >= 11 is 7.17. The third kappa shape index (κ3) is 12.2. The quantitative estimate of drug-likeness (QED) is 0.121. The van der Waals surface area contributed by atoms with Crippen molar-refractivity contribution in [2.45, 2.75) is 65.3 Å². The average Bonchev–Trinajstić information content (AvgIpc) is 3.01. The predicted octanol–water partition coefficient (Wildman–Crippen LogP) is 9.66. The molecule has 0 aromatic carbocycles. The number of morpholine rings is 1. The van der Waals surface area contributed by atoms with E-state index >= 15 is 0 Å². The number of nitrogens with zero attached hydrogens (tertiary/aromatic N) is 13. The SMILES string of the molecule is CC(C)(C)N1CCN(C(=O)c2cc3c(N)nc(-c4ccc(C5CC5)o4)nc3s2)CC1.CCc1ccc(-c2nc(N)c3cc(C(=O)N4CCOCC4)sc3n2)o1.Cc1csc(-c2nc(N)c3cc(C(=O)N4CCN(c5nccs5)CC4)sc3n2)n1. The molecule has 13 heterocycles. The Hall–Kier alpha value is -7.53. The molecule has 0 spiro atoms. The Morgan fingerprint density at radius 3 is 1.58 bits per heavy atom. The molecule has 27 heteroatoms. The lowest BCUT2D eigenvalue weighted by atomic mass is 10.0. The lowest BCUT2D eigenvalue weighted by Gasteiger charge is -2.42. The summed E-state index contributed by atoms with van der Waals surface area (Å²) in [6.45, 7) is 19.0. The number of amides is 3. The van der Waals surface area contributed by atoms with Crippen molar-refractivity contribution in [3.05, 3.63) is 91.3 Å². The number of piperazine rings is 2. The fraction of sp³-hybridized carbons (Fsp3) is 0.386. The first-order valence-electron chi connectivity index (χ1n) is 27.7. The minimum Gasteiger partial charge on any atom is -0.458 e. The molecule has 1 saturated carbocycles. The van der Waals surface area contributed by atoms with Crippen LogP contribution in [0.1, 0.15) is 92.7 Å². The van der Waals surface area contributed by atoms with E-state index in [2.05, 4.69) is 70.4 Å². The van der Waals surface area contributed by atoms with E-state index in [1.54, 1.807) is 28.5 Å². The number of carbonyl (C=O) groups is 3. The molecule has 0 radical (unpaired) electrons. The summed E-state index contributed by atoms with van der Waals surface area (Å²) in [6.07, 6.45) is 4.96. The number of hydrogen-bond donors (Lipinski definition) is 3. The minimum atomic E-state index is -0.0153. The van der Waals surface area contributed by atoms with Crippen LogP contribution in [0.15, 0.2) is 68.3 Å². The molecule has 3 amide bonds. The fourth-order valence-electron chi connectivity index (χ4n) is 9.95. The van der Waals surface area contributed by atoms with Crippen LogP contribution in [0.3, 0.4) is 0 Å². The lowest BCUT2D eigenvalue weighted by molar-refractivity contribution is 0.0306. The zero-order chi connectivity index (χ0) is 58.4. The summed E-state index contributed by atoms with van der Waals surface area (Å²) < 4.78 is 16.9. The van der Waals surface area contributed by atoms with E-state index in [1.807, 2.05) is 70.8 Å². The third-order valence-electron chi connectivity index (χ3n) is 14.8. The van der Waals surface area contributed by atoms with Gasteiger partial charge in [-0.05, 0) is 83.0 Å². The molecular formula is C57H62N16O6S5. The largest absolute Gasteiger partial charge is 0.458 e. The number of aromatic nitrogens is 8. The number of anilines is 4. The molecule has 3 aliphatic heterocycles. The summed E-state index contributed by atoms with van der Waals surface area (Å²) in [5.74, 6) is 6.18. The van der Waals surface area contributed by atoms with Crippen LogP contribution in [-0.4, -0.2) is 161 Å². The molecule has 14 rings (SSSR count). The molecule has 436 valence electrons. The average molecular weight is 1230 g/mol. The first-order valence-corrected chi connectivity index (χ1v) is 31.9. The monoisotopic (exact) mass is 1230 g/mol. The van der Waals surface area contributed by atoms with Crippen molar-refractivity contribution in [1.82, 2.24) is 59.5 Å². The van der Waals surface area contributed by atoms with Gasteiger partial charge in [-0.25, -0.2) is 39.9 Å². The second-order valence-electron chi connectivity index (χ2n) is 21.6. The number of carbonyl (C=O) groups excluding carboxylic acids is 3. The number of thiazole rings is 2. The van der Waals surface area contributed by atoms with Crippen molar-refractivity contribution in [2.75, 3.05) is 101 Å². The standard InChI is InChI=1S/C22H27N5O2S.C18H17N7OS3.C17H18N4O3S/c1-22(2,3)27-10-8-26(9-11-27)21(28)17-12-14-18(23)24-19(25-20(14)30-17)16-7-6-15(29-16)13-4-5-13;1-10-9-28-16(21-10)14-22-13(19)11-8-12(29-15(11)23-14)17(26)24-3-5-25(6-4-24)18-20-2-7-27-18;1-2-10-3-4-12(24-10)15-19-14(18)11-9-13(25-16(11)20-15)17(22)21-5-7-23-8-6-21/h6-7,12-13H,4-5,8-11H2,1-3H3,(H2,23,24,25);2,7-9H,3-6H2,1H3,(H2,19,22,23);3-4,9H,2,5-8H2,1H3,(H2,18,19,20). The van der Waals surface area contributed by atoms with Gasteiger partial charge in [0.25, 0.3) is 17.7 Å². The summed E-state index contributed by atoms with van der Waals surface area (Å²) in [5, 5.41) is 7.81. The van der Waals surface area contributed by atoms with Crippen LogP contribution in [0.4, 0.5) is 22.6 Å². The smallest absolute Gasteiger partial charge is 0.264 e. The zero-order valence-electron chi connectivity index (χ0n) is 47.0. The van der Waals surface area contributed by atoms with Gasteiger partial charge < -0.3 is 50.4 Å². The highest BCUT2D eigenvalue weighted by atomic mass is 32.1. The number of furan rings is 2. The summed E-state index contributed by atoms with van der Waals surface area (Å²) in [5.41, 5.74) is 19.5. The number of thiophene rings is 3. The van der Waals surface area contributed by atoms with Gasteiger partial charge in [-0.2, -0.15) is 0 Å². The van der Waals surface area contributed by atoms with E-state index in [1.165, 1.54) is 58.2 Å². The number of fused-ring (bicyclic) bond motifs is 3. The second-order valence-corrected chi connectivity index (χ2v) is 26.4. The molecule has 1 aliphatic carbocycles. The van der Waals surface area contributed by atoms with Crippen LogP contribution < -0.4 is 22.1 Å². The molecule has 10 aromatic rings. The molecular weight excluding hydrogens is 1170 g/mol. The van der Waals surface area contributed by atoms with Gasteiger partial charge in [-0.15, -0.1) is 56.7 Å². The van der Waals surface area contributed by atoms with E-state index in [0.29, 0.717) is 121 Å². The predicted molar refractivity (Wildman–Crippen MR) is 332 cm³/mol. The number of aryl methyl sites for hydroxylation is 2. The van der Waals surface area contributed by atoms with Gasteiger partial charge in [0.15, 0.2) is 39.1 Å². The maximum absolute atomic E-state index is 13.1. The Balaban J connectivity index is 0.000000125. The minimum absolute atomic E-state index is 0.0119. The van der Waals surface area contributed by atoms with Crippen LogP contribution >= 0.6 is 56.7 Å². The second kappa shape index (κ2) is 23.9. The van der Waals surface area contributed by atoms with Gasteiger partial charge in [0.1, 0.15) is 43.5 Å². The number of ether oxygens (including phenoxy) is 1. The van der Waals surface area contributed by atoms with Crippen LogP contribution in [0.2, 0.25) is 0 Å². The number of hydrogen-bond acceptors (Lipinski definition) is 24.